The van der Waals surface area contributed by atoms with E-state index in [0.717, 1.165) is 48.9 Å². The summed E-state index contributed by atoms with van der Waals surface area (Å²) in [5, 5.41) is 0. The Morgan fingerprint density at radius 2 is 1.69 bits per heavy atom. The molecule has 0 radical (unpaired) electrons. The molecular formula is C27H35NO. The summed E-state index contributed by atoms with van der Waals surface area (Å²) in [5.74, 6) is 4.50. The summed E-state index contributed by atoms with van der Waals surface area (Å²) in [5.41, 5.74) is 5.58. The highest BCUT2D eigenvalue weighted by atomic mass is 16.1. The molecule has 29 heavy (non-hydrogen) atoms. The lowest BCUT2D eigenvalue weighted by Crippen LogP contribution is -2.42. The molecule has 0 bridgehead atoms. The summed E-state index contributed by atoms with van der Waals surface area (Å²) in [4.78, 5) is 15.5. The van der Waals surface area contributed by atoms with Gasteiger partial charge in [0.15, 0.2) is 5.78 Å². The van der Waals surface area contributed by atoms with Crippen molar-refractivity contribution in [1.82, 2.24) is 4.90 Å². The van der Waals surface area contributed by atoms with Gasteiger partial charge in [-0.3, -0.25) is 9.69 Å². The summed E-state index contributed by atoms with van der Waals surface area (Å²) in [6.07, 6.45) is 22.8. The number of nitrogens with zero attached hydrogens (tertiary/aromatic N) is 1. The average molecular weight is 390 g/mol. The number of fused-ring (bicyclic) bond motifs is 7. The van der Waals surface area contributed by atoms with E-state index in [1.807, 2.05) is 6.08 Å². The summed E-state index contributed by atoms with van der Waals surface area (Å²) < 4.78 is 0. The molecule has 5 atom stereocenters. The van der Waals surface area contributed by atoms with Crippen molar-refractivity contribution in [2.75, 3.05) is 19.6 Å². The molecular weight excluding hydrogens is 354 g/mol. The predicted molar refractivity (Wildman–Crippen MR) is 117 cm³/mol. The summed E-state index contributed by atoms with van der Waals surface area (Å²) in [7, 11) is 0. The van der Waals surface area contributed by atoms with Gasteiger partial charge in [-0.1, -0.05) is 43.1 Å². The van der Waals surface area contributed by atoms with Crippen molar-refractivity contribution >= 4 is 5.78 Å². The first kappa shape index (κ1) is 18.4. The van der Waals surface area contributed by atoms with Crippen LogP contribution in [-0.2, 0) is 4.79 Å². The van der Waals surface area contributed by atoms with Crippen molar-refractivity contribution in [3.63, 3.8) is 0 Å². The third-order valence-electron chi connectivity index (χ3n) is 9.23. The van der Waals surface area contributed by atoms with Gasteiger partial charge in [0.05, 0.1) is 0 Å². The fourth-order valence-electron chi connectivity index (χ4n) is 7.96. The fraction of sp³-hybridized carbons (Fsp3) is 0.667. The molecule has 5 aliphatic carbocycles. The molecule has 0 aromatic rings. The third-order valence-corrected chi connectivity index (χ3v) is 9.23. The highest BCUT2D eigenvalue weighted by Gasteiger charge is 2.47. The molecule has 0 N–H and O–H groups in total. The van der Waals surface area contributed by atoms with Gasteiger partial charge >= 0.3 is 0 Å². The van der Waals surface area contributed by atoms with Gasteiger partial charge in [0, 0.05) is 18.0 Å². The van der Waals surface area contributed by atoms with Crippen molar-refractivity contribution in [3.05, 3.63) is 46.6 Å². The smallest absolute Gasteiger partial charge is 0.183 e. The Bertz CT molecular complexity index is 821. The molecule has 5 unspecified atom stereocenters. The van der Waals surface area contributed by atoms with Crippen molar-refractivity contribution < 1.29 is 4.79 Å². The molecule has 0 amide bonds. The van der Waals surface area contributed by atoms with Crippen molar-refractivity contribution in [2.45, 2.75) is 64.2 Å². The van der Waals surface area contributed by atoms with Gasteiger partial charge in [-0.25, -0.2) is 0 Å². The molecule has 1 heterocycles. The van der Waals surface area contributed by atoms with Crippen LogP contribution in [0.15, 0.2) is 46.6 Å². The second-order valence-corrected chi connectivity index (χ2v) is 10.5. The van der Waals surface area contributed by atoms with Gasteiger partial charge in [0.2, 0.25) is 0 Å². The molecule has 6 rings (SSSR count). The Morgan fingerprint density at radius 3 is 2.59 bits per heavy atom. The van der Waals surface area contributed by atoms with Crippen LogP contribution in [0.2, 0.25) is 0 Å². The van der Waals surface area contributed by atoms with Crippen LogP contribution in [0.25, 0.3) is 0 Å². The molecule has 1 aliphatic heterocycles. The Morgan fingerprint density at radius 1 is 0.828 bits per heavy atom. The molecule has 3 saturated carbocycles. The number of carbonyl (C=O) groups is 1. The van der Waals surface area contributed by atoms with Crippen LogP contribution >= 0.6 is 0 Å². The van der Waals surface area contributed by atoms with Crippen LogP contribution in [0.4, 0.5) is 0 Å². The van der Waals surface area contributed by atoms with E-state index in [0.29, 0.717) is 5.92 Å². The predicted octanol–water partition coefficient (Wildman–Crippen LogP) is 5.63. The molecule has 1 saturated heterocycles. The number of carbonyl (C=O) groups excluding carboxylic acids is 1. The Kier molecular flexibility index (Phi) is 4.67. The van der Waals surface area contributed by atoms with Crippen LogP contribution in [0, 0.1) is 29.6 Å². The van der Waals surface area contributed by atoms with Crippen molar-refractivity contribution in [3.8, 4) is 0 Å². The maximum absolute atomic E-state index is 13.0. The van der Waals surface area contributed by atoms with E-state index in [2.05, 4.69) is 23.1 Å². The van der Waals surface area contributed by atoms with Gasteiger partial charge in [0.25, 0.3) is 0 Å². The second-order valence-electron chi connectivity index (χ2n) is 10.5. The lowest BCUT2D eigenvalue weighted by Gasteiger charge is -2.52. The number of likely N-dealkylation sites (tertiary alicyclic amines) is 1. The van der Waals surface area contributed by atoms with E-state index in [-0.39, 0.29) is 5.78 Å². The standard InChI is InChI=1S/C27H35NO/c29-26-14-9-19-8-11-23-22-10-7-18-5-1-2-6-20(18)21(22)12-13-24(23)27(19)25(26)17-28-15-3-4-16-28/h8-9,11,14,18,20-22,24H,1-7,10,12-13,15-17H2. The van der Waals surface area contributed by atoms with E-state index in [1.165, 1.54) is 75.4 Å². The van der Waals surface area contributed by atoms with Gasteiger partial charge in [-0.05, 0) is 98.9 Å². The minimum Gasteiger partial charge on any atom is -0.299 e. The molecule has 0 aromatic carbocycles. The monoisotopic (exact) mass is 389 g/mol. The first-order valence-electron chi connectivity index (χ1n) is 12.4. The first-order chi connectivity index (χ1) is 14.3. The lowest BCUT2D eigenvalue weighted by molar-refractivity contribution is -0.111. The van der Waals surface area contributed by atoms with E-state index < -0.39 is 0 Å². The van der Waals surface area contributed by atoms with Gasteiger partial charge in [-0.2, -0.15) is 0 Å². The minimum absolute atomic E-state index is 0.281. The summed E-state index contributed by atoms with van der Waals surface area (Å²) in [6, 6.07) is 0. The molecule has 0 spiro atoms. The number of allylic oxidation sites excluding steroid dienone is 7. The number of rotatable bonds is 2. The van der Waals surface area contributed by atoms with Crippen LogP contribution in [0.5, 0.6) is 0 Å². The topological polar surface area (TPSA) is 20.3 Å². The van der Waals surface area contributed by atoms with Gasteiger partial charge in [-0.15, -0.1) is 0 Å². The third kappa shape index (κ3) is 3.05. The normalized spacial score (nSPS) is 39.3. The Labute approximate surface area is 175 Å². The zero-order valence-corrected chi connectivity index (χ0v) is 17.7. The highest BCUT2D eigenvalue weighted by Crippen LogP contribution is 2.57. The van der Waals surface area contributed by atoms with Gasteiger partial charge in [0.1, 0.15) is 0 Å². The summed E-state index contributed by atoms with van der Waals surface area (Å²) >= 11 is 0. The van der Waals surface area contributed by atoms with E-state index >= 15 is 0 Å². The highest BCUT2D eigenvalue weighted by molar-refractivity contribution is 6.07. The fourth-order valence-corrected chi connectivity index (χ4v) is 7.96. The molecule has 4 fully saturated rings. The zero-order valence-electron chi connectivity index (χ0n) is 17.7. The van der Waals surface area contributed by atoms with E-state index in [4.69, 9.17) is 0 Å². The molecule has 2 heteroatoms. The largest absolute Gasteiger partial charge is 0.299 e. The van der Waals surface area contributed by atoms with Crippen LogP contribution in [-0.4, -0.2) is 30.3 Å². The SMILES string of the molecule is O=C1C=CC2=CC=C3C(CCC4C3CCC3CCCCC34)C2=C1CN1CCCC1. The number of ketones is 1. The number of hydrogen-bond acceptors (Lipinski definition) is 2. The quantitative estimate of drug-likeness (QED) is 0.610. The van der Waals surface area contributed by atoms with E-state index in [9.17, 15) is 4.79 Å². The molecule has 154 valence electrons. The zero-order chi connectivity index (χ0) is 19.4. The molecule has 0 aromatic heterocycles. The van der Waals surface area contributed by atoms with E-state index in [1.54, 1.807) is 5.57 Å². The number of hydrogen-bond donors (Lipinski definition) is 0. The average Bonchev–Trinajstić information content (AvgIpc) is 3.28. The van der Waals surface area contributed by atoms with Crippen LogP contribution < -0.4 is 0 Å². The van der Waals surface area contributed by atoms with Gasteiger partial charge < -0.3 is 0 Å². The second kappa shape index (κ2) is 7.38. The Hall–Kier alpha value is -1.41. The molecule has 6 aliphatic rings. The lowest BCUT2D eigenvalue weighted by atomic mass is 9.53. The first-order valence-corrected chi connectivity index (χ1v) is 12.4. The Balaban J connectivity index is 1.34. The molecule has 2 nitrogen and oxygen atoms in total. The van der Waals surface area contributed by atoms with Crippen molar-refractivity contribution in [2.24, 2.45) is 29.6 Å². The van der Waals surface area contributed by atoms with Crippen LogP contribution in [0.3, 0.4) is 0 Å². The minimum atomic E-state index is 0.281. The summed E-state index contributed by atoms with van der Waals surface area (Å²) in [6.45, 7) is 3.19. The maximum Gasteiger partial charge on any atom is 0.183 e. The maximum atomic E-state index is 13.0. The van der Waals surface area contributed by atoms with Crippen molar-refractivity contribution in [1.29, 1.82) is 0 Å². The van der Waals surface area contributed by atoms with Crippen LogP contribution in [0.1, 0.15) is 64.2 Å².